The molecule has 0 aromatic rings. The Hall–Kier alpha value is 0.878. The summed E-state index contributed by atoms with van der Waals surface area (Å²) in [5.74, 6) is 0. The first kappa shape index (κ1) is 22.4. The predicted octanol–water partition coefficient (Wildman–Crippen LogP) is -5.66. The van der Waals surface area contributed by atoms with Crippen molar-refractivity contribution in [3.05, 3.63) is 0 Å². The van der Waals surface area contributed by atoms with Crippen molar-refractivity contribution >= 4 is 84.2 Å². The van der Waals surface area contributed by atoms with Gasteiger partial charge in [0.25, 0.3) is 0 Å². The maximum absolute atomic E-state index is 8.33. The van der Waals surface area contributed by atoms with E-state index in [9.17, 15) is 0 Å². The summed E-state index contributed by atoms with van der Waals surface area (Å²) in [6.45, 7) is 0. The van der Waals surface area contributed by atoms with Crippen LogP contribution in [-0.4, -0.2) is 84.2 Å². The molecule has 6 nitrogen and oxygen atoms in total. The first-order valence-electron chi connectivity index (χ1n) is 1.22. The Labute approximate surface area is 112 Å². The molecule has 0 rings (SSSR count). The van der Waals surface area contributed by atoms with Crippen LogP contribution in [0.1, 0.15) is 0 Å². The van der Waals surface area contributed by atoms with Crippen molar-refractivity contribution < 1.29 is 30.0 Å². The number of rotatable bonds is 0. The first-order valence-corrected chi connectivity index (χ1v) is 1.22. The van der Waals surface area contributed by atoms with Gasteiger partial charge in [-0.25, -0.2) is 0 Å². The van der Waals surface area contributed by atoms with Gasteiger partial charge >= 0.3 is 71.9 Å². The zero-order valence-corrected chi connectivity index (χ0v) is 10.7. The van der Waals surface area contributed by atoms with Gasteiger partial charge in [0.15, 0.2) is 0 Å². The minimum atomic E-state index is -2.33. The van der Waals surface area contributed by atoms with Crippen LogP contribution >= 0.6 is 0 Å². The molecule has 0 amide bonds. The van der Waals surface area contributed by atoms with Gasteiger partial charge in [-0.15, -0.1) is 0 Å². The summed E-state index contributed by atoms with van der Waals surface area (Å²) in [4.78, 5) is 16.7. The quantitative estimate of drug-likeness (QED) is 0.407. The monoisotopic (exact) mass is 282 g/mol. The van der Waals surface area contributed by atoms with Crippen molar-refractivity contribution in [2.75, 3.05) is 0 Å². The number of hydrogen-bond acceptors (Lipinski definition) is 6. The molecule has 0 atom stereocenters. The normalized spacial score (nSPS) is 4.80. The summed E-state index contributed by atoms with van der Waals surface area (Å²) in [6, 6.07) is 0. The van der Waals surface area contributed by atoms with E-state index in [1.54, 1.807) is 0 Å². The minimum absolute atomic E-state index is 0. The molecule has 0 saturated heterocycles. The summed E-state index contributed by atoms with van der Waals surface area (Å²) in [6.07, 6.45) is -4.67. The van der Waals surface area contributed by atoms with E-state index in [0.29, 0.717) is 0 Å². The van der Waals surface area contributed by atoms with Crippen LogP contribution in [0.4, 0.5) is 9.59 Å². The van der Waals surface area contributed by atoms with Crippen molar-refractivity contribution in [2.24, 2.45) is 0 Å². The molecule has 0 fully saturated rings. The van der Waals surface area contributed by atoms with Crippen LogP contribution in [0.15, 0.2) is 0 Å². The van der Waals surface area contributed by atoms with E-state index < -0.39 is 12.3 Å². The Morgan fingerprint density at radius 3 is 0.800 bits per heavy atom. The summed E-state index contributed by atoms with van der Waals surface area (Å²) in [5.41, 5.74) is 0. The summed E-state index contributed by atoms with van der Waals surface area (Å²) < 4.78 is 0. The van der Waals surface area contributed by atoms with Crippen LogP contribution in [0.25, 0.3) is 0 Å². The molecule has 0 bridgehead atoms. The minimum Gasteiger partial charge on any atom is -0.652 e. The molecule has 0 aliphatic heterocycles. The Kier molecular flexibility index (Phi) is 36.9. The maximum Gasteiger partial charge on any atom is 2.00 e. The fourth-order valence-corrected chi connectivity index (χ4v) is 0. The van der Waals surface area contributed by atoms with Crippen LogP contribution in [0, 0.1) is 0 Å². The van der Waals surface area contributed by atoms with Gasteiger partial charge in [0.2, 0.25) is 0 Å². The number of hydrogen-bond donors (Lipinski definition) is 0. The van der Waals surface area contributed by atoms with E-state index in [4.69, 9.17) is 30.0 Å². The average molecular weight is 282 g/mol. The largest absolute Gasteiger partial charge is 2.00 e. The summed E-state index contributed by atoms with van der Waals surface area (Å²) in [7, 11) is 0. The third kappa shape index (κ3) is 715. The molecule has 0 spiro atoms. The van der Waals surface area contributed by atoms with E-state index in [1.165, 1.54) is 0 Å². The molecule has 8 heteroatoms. The van der Waals surface area contributed by atoms with E-state index in [2.05, 4.69) is 0 Å². The molecular weight excluding hydrogens is 282 g/mol. The van der Waals surface area contributed by atoms with E-state index in [1.807, 2.05) is 0 Å². The molecule has 0 aliphatic carbocycles. The molecule has 0 radical (unpaired) electrons. The van der Waals surface area contributed by atoms with Gasteiger partial charge in [-0.3, -0.25) is 0 Å². The van der Waals surface area contributed by atoms with Crippen LogP contribution < -0.4 is 20.4 Å². The zero-order chi connectivity index (χ0) is 7.15. The Balaban J connectivity index is -0.0000000300. The molecule has 0 aliphatic rings. The second-order valence-electron chi connectivity index (χ2n) is 0.500. The Morgan fingerprint density at radius 1 is 0.800 bits per heavy atom. The molecule has 0 aromatic heterocycles. The standard InChI is InChI=1S/2CH2O3.Ba.Mg/c2*2-1(3)4;;/h2*(H2,2,3,4);;/q;;2*+2/p-4. The van der Waals surface area contributed by atoms with Crippen molar-refractivity contribution in [2.45, 2.75) is 0 Å². The predicted molar refractivity (Wildman–Crippen MR) is 22.3 cm³/mol. The second-order valence-corrected chi connectivity index (χ2v) is 0.500. The molecular formula is C2BaMgO6. The number of carboxylic acid groups (broad SMARTS) is 4. The molecule has 0 unspecified atom stereocenters. The summed E-state index contributed by atoms with van der Waals surface area (Å²) >= 11 is 0. The van der Waals surface area contributed by atoms with E-state index in [0.717, 1.165) is 0 Å². The van der Waals surface area contributed by atoms with Crippen molar-refractivity contribution in [3.63, 3.8) is 0 Å². The Bertz CT molecular complexity index is 73.7. The molecule has 0 saturated carbocycles. The number of carbonyl (C=O) groups is 2. The fourth-order valence-electron chi connectivity index (χ4n) is 0. The molecule has 48 valence electrons. The van der Waals surface area contributed by atoms with Gasteiger partial charge in [0.05, 0.1) is 0 Å². The second kappa shape index (κ2) is 16.5. The van der Waals surface area contributed by atoms with E-state index in [-0.39, 0.29) is 71.9 Å². The smallest absolute Gasteiger partial charge is 0.652 e. The topological polar surface area (TPSA) is 126 Å². The fraction of sp³-hybridized carbons (Fsp3) is 0. The van der Waals surface area contributed by atoms with Gasteiger partial charge in [-0.1, -0.05) is 0 Å². The van der Waals surface area contributed by atoms with Gasteiger partial charge in [-0.05, 0) is 12.3 Å². The number of carbonyl (C=O) groups excluding carboxylic acids is 2. The van der Waals surface area contributed by atoms with Crippen molar-refractivity contribution in [3.8, 4) is 0 Å². The van der Waals surface area contributed by atoms with E-state index >= 15 is 0 Å². The van der Waals surface area contributed by atoms with Crippen molar-refractivity contribution in [1.82, 2.24) is 0 Å². The average Bonchev–Trinajstić information content (AvgIpc) is 1.25. The van der Waals surface area contributed by atoms with Gasteiger partial charge < -0.3 is 30.0 Å². The SMILES string of the molecule is O=C([O-])[O-].O=C([O-])[O-].[Ba+2].[Mg+2]. The maximum atomic E-state index is 8.33. The third-order valence-corrected chi connectivity index (χ3v) is 0. The molecule has 0 heterocycles. The van der Waals surface area contributed by atoms with Crippen LogP contribution in [0.3, 0.4) is 0 Å². The molecule has 0 aromatic carbocycles. The Morgan fingerprint density at radius 2 is 0.800 bits per heavy atom. The zero-order valence-electron chi connectivity index (χ0n) is 4.86. The van der Waals surface area contributed by atoms with Crippen molar-refractivity contribution in [1.29, 1.82) is 0 Å². The molecule has 0 N–H and O–H groups in total. The van der Waals surface area contributed by atoms with Gasteiger partial charge in [0.1, 0.15) is 0 Å². The third-order valence-electron chi connectivity index (χ3n) is 0. The summed E-state index contributed by atoms with van der Waals surface area (Å²) in [5, 5.41) is 33.3. The van der Waals surface area contributed by atoms with Crippen LogP contribution in [-0.2, 0) is 0 Å². The van der Waals surface area contributed by atoms with Gasteiger partial charge in [0, 0.05) is 0 Å². The van der Waals surface area contributed by atoms with Crippen LogP contribution in [0.5, 0.6) is 0 Å². The molecule has 10 heavy (non-hydrogen) atoms. The van der Waals surface area contributed by atoms with Crippen LogP contribution in [0.2, 0.25) is 0 Å². The van der Waals surface area contributed by atoms with Gasteiger partial charge in [-0.2, -0.15) is 0 Å². The first-order chi connectivity index (χ1) is 3.46.